The van der Waals surface area contributed by atoms with Crippen LogP contribution >= 0.6 is 11.6 Å². The first-order chi connectivity index (χ1) is 11.1. The van der Waals surface area contributed by atoms with Gasteiger partial charge in [-0.1, -0.05) is 35.4 Å². The van der Waals surface area contributed by atoms with Crippen LogP contribution in [0.3, 0.4) is 0 Å². The van der Waals surface area contributed by atoms with Crippen molar-refractivity contribution < 1.29 is 4.79 Å². The van der Waals surface area contributed by atoms with Gasteiger partial charge in [-0.05, 0) is 48.9 Å². The average molecular weight is 323 g/mol. The summed E-state index contributed by atoms with van der Waals surface area (Å²) < 4.78 is 0. The van der Waals surface area contributed by atoms with Crippen molar-refractivity contribution in [3.05, 3.63) is 83.1 Å². The van der Waals surface area contributed by atoms with E-state index in [9.17, 15) is 4.79 Å². The molecule has 1 amide bonds. The maximum Gasteiger partial charge on any atom is 0.257 e. The minimum Gasteiger partial charge on any atom is -0.321 e. The molecule has 0 aliphatic carbocycles. The Kier molecular flexibility index (Phi) is 4.40. The summed E-state index contributed by atoms with van der Waals surface area (Å²) in [6, 6.07) is 17.0. The van der Waals surface area contributed by atoms with Gasteiger partial charge in [-0.15, -0.1) is 0 Å². The monoisotopic (exact) mass is 322 g/mol. The van der Waals surface area contributed by atoms with E-state index in [0.29, 0.717) is 10.6 Å². The lowest BCUT2D eigenvalue weighted by molar-refractivity contribution is 0.102. The van der Waals surface area contributed by atoms with Crippen molar-refractivity contribution in [3.63, 3.8) is 0 Å². The van der Waals surface area contributed by atoms with Gasteiger partial charge in [-0.25, -0.2) is 0 Å². The molecule has 0 bridgehead atoms. The first-order valence-electron chi connectivity index (χ1n) is 7.21. The van der Waals surface area contributed by atoms with Crippen molar-refractivity contribution in [2.24, 2.45) is 0 Å². The minimum atomic E-state index is -0.183. The van der Waals surface area contributed by atoms with E-state index in [0.717, 1.165) is 22.4 Å². The van der Waals surface area contributed by atoms with Crippen LogP contribution < -0.4 is 5.32 Å². The van der Waals surface area contributed by atoms with E-state index in [4.69, 9.17) is 11.6 Å². The Balaban J connectivity index is 1.96. The van der Waals surface area contributed by atoms with Gasteiger partial charge in [0.1, 0.15) is 0 Å². The van der Waals surface area contributed by atoms with Crippen molar-refractivity contribution in [2.75, 3.05) is 5.32 Å². The van der Waals surface area contributed by atoms with Gasteiger partial charge in [0.2, 0.25) is 0 Å². The second-order valence-corrected chi connectivity index (χ2v) is 5.69. The van der Waals surface area contributed by atoms with E-state index >= 15 is 0 Å². The Morgan fingerprint density at radius 3 is 2.57 bits per heavy atom. The number of pyridine rings is 1. The number of hydrogen-bond acceptors (Lipinski definition) is 2. The summed E-state index contributed by atoms with van der Waals surface area (Å²) in [5.74, 6) is -0.183. The second kappa shape index (κ2) is 6.63. The summed E-state index contributed by atoms with van der Waals surface area (Å²) >= 11 is 5.96. The highest BCUT2D eigenvalue weighted by Gasteiger charge is 2.11. The van der Waals surface area contributed by atoms with Crippen LogP contribution in [-0.4, -0.2) is 10.9 Å². The summed E-state index contributed by atoms with van der Waals surface area (Å²) in [4.78, 5) is 16.3. The molecule has 1 aromatic heterocycles. The Hall–Kier alpha value is -2.65. The topological polar surface area (TPSA) is 42.0 Å². The molecule has 114 valence electrons. The van der Waals surface area contributed by atoms with E-state index in [1.807, 2.05) is 49.4 Å². The molecule has 4 heteroatoms. The molecule has 1 heterocycles. The highest BCUT2D eigenvalue weighted by molar-refractivity contribution is 6.30. The van der Waals surface area contributed by atoms with Gasteiger partial charge in [0.05, 0.1) is 5.56 Å². The molecular weight excluding hydrogens is 308 g/mol. The Bertz CT molecular complexity index is 830. The van der Waals surface area contributed by atoms with E-state index in [-0.39, 0.29) is 5.91 Å². The summed E-state index contributed by atoms with van der Waals surface area (Å²) in [7, 11) is 0. The predicted molar refractivity (Wildman–Crippen MR) is 93.8 cm³/mol. The number of nitrogens with zero attached hydrogens (tertiary/aromatic N) is 1. The van der Waals surface area contributed by atoms with Crippen LogP contribution in [0.5, 0.6) is 0 Å². The molecule has 0 unspecified atom stereocenters. The summed E-state index contributed by atoms with van der Waals surface area (Å²) in [6.45, 7) is 2.02. The van der Waals surface area contributed by atoms with Crippen LogP contribution in [0.15, 0.2) is 67.0 Å². The van der Waals surface area contributed by atoms with Gasteiger partial charge in [-0.3, -0.25) is 9.78 Å². The van der Waals surface area contributed by atoms with E-state index in [1.54, 1.807) is 24.5 Å². The summed E-state index contributed by atoms with van der Waals surface area (Å²) in [5, 5.41) is 3.64. The number of aryl methyl sites for hydroxylation is 1. The van der Waals surface area contributed by atoms with E-state index in [1.165, 1.54) is 0 Å². The molecule has 3 nitrogen and oxygen atoms in total. The number of hydrogen-bond donors (Lipinski definition) is 1. The van der Waals surface area contributed by atoms with Gasteiger partial charge < -0.3 is 5.32 Å². The molecule has 0 aliphatic heterocycles. The normalized spacial score (nSPS) is 10.3. The third-order valence-corrected chi connectivity index (χ3v) is 3.75. The summed E-state index contributed by atoms with van der Waals surface area (Å²) in [5.41, 5.74) is 4.36. The van der Waals surface area contributed by atoms with Gasteiger partial charge in [-0.2, -0.15) is 0 Å². The Morgan fingerprint density at radius 2 is 1.87 bits per heavy atom. The lowest BCUT2D eigenvalue weighted by Crippen LogP contribution is -2.12. The van der Waals surface area contributed by atoms with E-state index in [2.05, 4.69) is 10.3 Å². The smallest absolute Gasteiger partial charge is 0.257 e. The zero-order chi connectivity index (χ0) is 16.2. The number of nitrogens with one attached hydrogen (secondary N) is 1. The Labute approximate surface area is 140 Å². The van der Waals surface area contributed by atoms with Crippen molar-refractivity contribution in [1.82, 2.24) is 4.98 Å². The van der Waals surface area contributed by atoms with Crippen molar-refractivity contribution in [3.8, 4) is 11.1 Å². The Morgan fingerprint density at radius 1 is 1.09 bits per heavy atom. The number of rotatable bonds is 3. The highest BCUT2D eigenvalue weighted by Crippen LogP contribution is 2.30. The number of amides is 1. The lowest BCUT2D eigenvalue weighted by atomic mass is 10.0. The third kappa shape index (κ3) is 3.58. The molecule has 0 atom stereocenters. The molecule has 1 N–H and O–H groups in total. The van der Waals surface area contributed by atoms with Crippen LogP contribution in [0.25, 0.3) is 11.1 Å². The molecule has 3 aromatic rings. The van der Waals surface area contributed by atoms with Crippen molar-refractivity contribution in [1.29, 1.82) is 0 Å². The van der Waals surface area contributed by atoms with Crippen LogP contribution in [-0.2, 0) is 0 Å². The predicted octanol–water partition coefficient (Wildman–Crippen LogP) is 4.96. The number of carbonyl (C=O) groups is 1. The number of aromatic nitrogens is 1. The van der Waals surface area contributed by atoms with Crippen molar-refractivity contribution >= 4 is 23.2 Å². The molecular formula is C19H15ClN2O. The molecule has 0 radical (unpaired) electrons. The number of benzene rings is 2. The van der Waals surface area contributed by atoms with Crippen molar-refractivity contribution in [2.45, 2.75) is 6.92 Å². The first-order valence-corrected chi connectivity index (χ1v) is 7.59. The number of anilines is 1. The zero-order valence-corrected chi connectivity index (χ0v) is 13.3. The fourth-order valence-electron chi connectivity index (χ4n) is 2.33. The van der Waals surface area contributed by atoms with Crippen LogP contribution in [0.4, 0.5) is 5.69 Å². The molecule has 23 heavy (non-hydrogen) atoms. The van der Waals surface area contributed by atoms with Gasteiger partial charge in [0.25, 0.3) is 5.91 Å². The third-order valence-electron chi connectivity index (χ3n) is 3.50. The van der Waals surface area contributed by atoms with Crippen LogP contribution in [0.1, 0.15) is 15.9 Å². The molecule has 0 saturated heterocycles. The van der Waals surface area contributed by atoms with Gasteiger partial charge in [0, 0.05) is 28.7 Å². The largest absolute Gasteiger partial charge is 0.321 e. The standard InChI is InChI=1S/C19H15ClN2O/c1-13-4-9-18(22-19(23)15-3-2-10-21-12-15)17(11-13)14-5-7-16(20)8-6-14/h2-12H,1H3,(H,22,23). The van der Waals surface area contributed by atoms with Crippen LogP contribution in [0.2, 0.25) is 5.02 Å². The lowest BCUT2D eigenvalue weighted by Gasteiger charge is -2.12. The molecule has 0 saturated carbocycles. The highest BCUT2D eigenvalue weighted by atomic mass is 35.5. The van der Waals surface area contributed by atoms with Gasteiger partial charge >= 0.3 is 0 Å². The van der Waals surface area contributed by atoms with Crippen LogP contribution in [0, 0.1) is 6.92 Å². The fourth-order valence-corrected chi connectivity index (χ4v) is 2.45. The summed E-state index contributed by atoms with van der Waals surface area (Å²) in [6.07, 6.45) is 3.19. The second-order valence-electron chi connectivity index (χ2n) is 5.25. The number of carbonyl (C=O) groups excluding carboxylic acids is 1. The average Bonchev–Trinajstić information content (AvgIpc) is 2.58. The minimum absolute atomic E-state index is 0.183. The molecule has 0 spiro atoms. The maximum absolute atomic E-state index is 12.4. The van der Waals surface area contributed by atoms with E-state index < -0.39 is 0 Å². The maximum atomic E-state index is 12.4. The number of halogens is 1. The molecule has 2 aromatic carbocycles. The first kappa shape index (κ1) is 15.3. The SMILES string of the molecule is Cc1ccc(NC(=O)c2cccnc2)c(-c2ccc(Cl)cc2)c1. The molecule has 3 rings (SSSR count). The molecule has 0 aliphatic rings. The zero-order valence-electron chi connectivity index (χ0n) is 12.6. The van der Waals surface area contributed by atoms with Gasteiger partial charge in [0.15, 0.2) is 0 Å². The molecule has 0 fully saturated rings. The quantitative estimate of drug-likeness (QED) is 0.740. The fraction of sp³-hybridized carbons (Fsp3) is 0.0526.